The molecule has 0 saturated carbocycles. The number of hydrogen-bond acceptors (Lipinski definition) is 9. The smallest absolute Gasteiger partial charge is 0.430 e. The van der Waals surface area contributed by atoms with Crippen LogP contribution >= 0.6 is 0 Å². The first kappa shape index (κ1) is 35.3. The average Bonchev–Trinajstić information content (AvgIpc) is 4.05. The van der Waals surface area contributed by atoms with E-state index >= 15 is 0 Å². The van der Waals surface area contributed by atoms with Crippen molar-refractivity contribution in [3.8, 4) is 39.8 Å². The molecule has 3 aromatic heterocycles. The lowest BCUT2D eigenvalue weighted by molar-refractivity contribution is -0.257. The van der Waals surface area contributed by atoms with Gasteiger partial charge in [0.05, 0.1) is 6.20 Å². The molecule has 11 rings (SSSR count). The fourth-order valence-electron chi connectivity index (χ4n) is 9.22. The van der Waals surface area contributed by atoms with Crippen LogP contribution in [0.5, 0.6) is 5.75 Å². The molecule has 4 aliphatic rings. The highest BCUT2D eigenvalue weighted by Crippen LogP contribution is 2.61. The van der Waals surface area contributed by atoms with Crippen LogP contribution in [-0.2, 0) is 27.0 Å². The van der Waals surface area contributed by atoms with Crippen molar-refractivity contribution in [3.63, 3.8) is 0 Å². The van der Waals surface area contributed by atoms with E-state index in [4.69, 9.17) is 23.5 Å². The van der Waals surface area contributed by atoms with Gasteiger partial charge in [-0.1, -0.05) is 86.6 Å². The van der Waals surface area contributed by atoms with Crippen molar-refractivity contribution in [3.05, 3.63) is 131 Å². The number of ether oxygens (including phenoxy) is 1. The van der Waals surface area contributed by atoms with E-state index in [0.717, 1.165) is 51.0 Å². The minimum Gasteiger partial charge on any atom is -0.469 e. The fourth-order valence-corrected chi connectivity index (χ4v) is 9.22. The molecule has 2 unspecified atom stereocenters. The zero-order valence-corrected chi connectivity index (χ0v) is 31.3. The van der Waals surface area contributed by atoms with Crippen molar-refractivity contribution in [2.24, 2.45) is 5.92 Å². The lowest BCUT2D eigenvalue weighted by atomic mass is 9.72. The zero-order chi connectivity index (χ0) is 40.6. The van der Waals surface area contributed by atoms with E-state index < -0.39 is 52.9 Å². The van der Waals surface area contributed by atoms with Crippen molar-refractivity contribution >= 4 is 28.4 Å². The van der Waals surface area contributed by atoms with Crippen molar-refractivity contribution < 1.29 is 41.4 Å². The van der Waals surface area contributed by atoms with Crippen molar-refractivity contribution in [1.82, 2.24) is 25.6 Å². The Morgan fingerprint density at radius 3 is 2.54 bits per heavy atom. The Morgan fingerprint density at radius 1 is 0.949 bits per heavy atom. The van der Waals surface area contributed by atoms with Crippen LogP contribution in [0.15, 0.2) is 106 Å². The van der Waals surface area contributed by atoms with Gasteiger partial charge in [-0.15, -0.1) is 0 Å². The minimum absolute atomic E-state index is 0.0735. The summed E-state index contributed by atoms with van der Waals surface area (Å²) >= 11 is 0. The van der Waals surface area contributed by atoms with Gasteiger partial charge in [0.25, 0.3) is 11.5 Å². The summed E-state index contributed by atoms with van der Waals surface area (Å²) in [6, 6.07) is 20.7. The summed E-state index contributed by atoms with van der Waals surface area (Å²) in [6.07, 6.45) is -2.97. The van der Waals surface area contributed by atoms with Gasteiger partial charge < -0.3 is 39.6 Å². The quantitative estimate of drug-likeness (QED) is 0.123. The van der Waals surface area contributed by atoms with E-state index in [1.54, 1.807) is 18.3 Å². The number of alkyl halides is 3. The van der Waals surface area contributed by atoms with Gasteiger partial charge in [-0.05, 0) is 29.2 Å². The lowest BCUT2D eigenvalue weighted by Gasteiger charge is -2.32. The fraction of sp³-hybridized carbons (Fsp3) is 0.227. The van der Waals surface area contributed by atoms with Crippen LogP contribution in [0, 0.1) is 5.92 Å². The maximum absolute atomic E-state index is 14.7. The summed E-state index contributed by atoms with van der Waals surface area (Å²) in [7, 11) is 0. The lowest BCUT2D eigenvalue weighted by Crippen LogP contribution is -2.59. The number of halogens is 3. The van der Waals surface area contributed by atoms with Gasteiger partial charge >= 0.3 is 6.18 Å². The van der Waals surface area contributed by atoms with Crippen LogP contribution in [0.4, 0.5) is 18.9 Å². The highest BCUT2D eigenvalue weighted by Gasteiger charge is 2.63. The number of carbonyl (C=O) groups excluding carboxylic acids is 2. The second kappa shape index (κ2) is 12.1. The number of oxazole rings is 2. The number of aliphatic hydroxyl groups is 1. The predicted octanol–water partition coefficient (Wildman–Crippen LogP) is 7.24. The van der Waals surface area contributed by atoms with E-state index in [0.29, 0.717) is 28.4 Å². The largest absolute Gasteiger partial charge is 0.469 e. The molecular weight excluding hydrogens is 766 g/mol. The molecule has 1 spiro atoms. The van der Waals surface area contributed by atoms with Gasteiger partial charge in [-0.3, -0.25) is 9.59 Å². The molecule has 2 amide bonds. The second-order valence-electron chi connectivity index (χ2n) is 15.7. The number of amides is 2. The van der Waals surface area contributed by atoms with Gasteiger partial charge in [0.15, 0.2) is 23.4 Å². The molecule has 7 heterocycles. The first-order valence-electron chi connectivity index (χ1n) is 19.1. The van der Waals surface area contributed by atoms with Gasteiger partial charge in [0.1, 0.15) is 23.2 Å². The molecule has 4 aromatic carbocycles. The number of anilines is 1. The summed E-state index contributed by atoms with van der Waals surface area (Å²) in [5, 5.41) is 21.0. The molecule has 4 aliphatic heterocycles. The number of nitrogens with zero attached hydrogens (tertiary/aromatic N) is 2. The summed E-state index contributed by atoms with van der Waals surface area (Å²) in [5.41, 5.74) is 0.541. The third-order valence-electron chi connectivity index (χ3n) is 12.1. The maximum atomic E-state index is 14.7. The minimum atomic E-state index is -5.44. The molecule has 5 N–H and O–H groups in total. The Hall–Kier alpha value is -6.87. The normalized spacial score (nSPS) is 22.0. The molecule has 0 radical (unpaired) electrons. The highest BCUT2D eigenvalue weighted by atomic mass is 19.4. The standard InChI is InChI=1S/C44H33F3N6O6/c1-20(2)33-39-52-35-36(59-39)42-26-12-6-11-24(23-10-7-13-28-32(23)25(18-48-28)31-19-49-38(35)57-31)34(26)53-41(42)58-30-15-14-21(16-27(30)42)17-29(37(54)51-33)50-40(55)43(56,44(45,46)47)22-8-4-3-5-9-22/h3-16,18-20,29,33,41,48,53,56H,17H2,1-2H3,(H,50,55)(H,51,54)/t29-,33-,41?,42?,43-/m0/s1. The average molecular weight is 799 g/mol. The molecule has 0 fully saturated rings. The van der Waals surface area contributed by atoms with Crippen LogP contribution in [-0.4, -0.2) is 50.3 Å². The number of aromatic nitrogens is 3. The molecule has 0 aliphatic carbocycles. The molecule has 0 saturated heterocycles. The van der Waals surface area contributed by atoms with E-state index in [1.807, 2.05) is 62.5 Å². The topological polar surface area (TPSA) is 168 Å². The summed E-state index contributed by atoms with van der Waals surface area (Å²) in [6.45, 7) is 3.65. The first-order valence-corrected chi connectivity index (χ1v) is 19.1. The van der Waals surface area contributed by atoms with Gasteiger partial charge in [0.2, 0.25) is 17.7 Å². The SMILES string of the molecule is CC(C)[C@@H]1NC(=O)[C@@H](NC(=O)[C@@](O)(c2ccccc2)C(F)(F)F)Cc2ccc3c(c2)C24c5cccc(c5NC2O3)-c2cccc3[nH]cc(c23)-c2cnc(o2)-c2nc1oc24. The molecule has 10 bridgehead atoms. The number of fused-ring (bicyclic) bond motifs is 7. The maximum Gasteiger partial charge on any atom is 0.430 e. The van der Waals surface area contributed by atoms with Gasteiger partial charge in [0, 0.05) is 57.0 Å². The van der Waals surface area contributed by atoms with Crippen LogP contribution in [0.25, 0.3) is 44.9 Å². The molecular formula is C44H33F3N6O6. The Balaban J connectivity index is 1.15. The number of hydrogen-bond donors (Lipinski definition) is 5. The molecule has 12 nitrogen and oxygen atoms in total. The number of benzene rings is 4. The highest BCUT2D eigenvalue weighted by molar-refractivity contribution is 6.07. The Morgan fingerprint density at radius 2 is 1.75 bits per heavy atom. The third kappa shape index (κ3) is 4.75. The second-order valence-corrected chi connectivity index (χ2v) is 15.7. The number of nitrogens with one attached hydrogen (secondary N) is 4. The Labute approximate surface area is 332 Å². The van der Waals surface area contributed by atoms with E-state index in [1.165, 1.54) is 18.2 Å². The van der Waals surface area contributed by atoms with Crippen molar-refractivity contribution in [1.29, 1.82) is 0 Å². The number of aromatic amines is 1. The van der Waals surface area contributed by atoms with Crippen molar-refractivity contribution in [2.75, 3.05) is 5.32 Å². The summed E-state index contributed by atoms with van der Waals surface area (Å²) in [4.78, 5) is 41.3. The van der Waals surface area contributed by atoms with E-state index in [-0.39, 0.29) is 29.8 Å². The first-order chi connectivity index (χ1) is 28.4. The van der Waals surface area contributed by atoms with Crippen LogP contribution in [0.3, 0.4) is 0 Å². The van der Waals surface area contributed by atoms with Gasteiger partial charge in [-0.25, -0.2) is 9.97 Å². The molecule has 15 heteroatoms. The van der Waals surface area contributed by atoms with Crippen LogP contribution in [0.1, 0.15) is 53.8 Å². The van der Waals surface area contributed by atoms with Crippen LogP contribution in [0.2, 0.25) is 0 Å². The monoisotopic (exact) mass is 798 g/mol. The van der Waals surface area contributed by atoms with E-state index in [2.05, 4.69) is 20.9 Å². The number of H-pyrrole nitrogens is 1. The third-order valence-corrected chi connectivity index (χ3v) is 12.1. The summed E-state index contributed by atoms with van der Waals surface area (Å²) in [5.74, 6) is -1.47. The predicted molar refractivity (Wildman–Crippen MR) is 207 cm³/mol. The Bertz CT molecular complexity index is 2900. The van der Waals surface area contributed by atoms with Crippen LogP contribution < -0.4 is 20.7 Å². The van der Waals surface area contributed by atoms with Gasteiger partial charge in [-0.2, -0.15) is 13.2 Å². The number of carbonyl (C=O) groups is 2. The van der Waals surface area contributed by atoms with Crippen molar-refractivity contribution in [2.45, 2.75) is 55.8 Å². The molecule has 7 aromatic rings. The number of para-hydroxylation sites is 1. The number of rotatable bonds is 4. The Kier molecular flexibility index (Phi) is 7.23. The van der Waals surface area contributed by atoms with E-state index in [9.17, 15) is 27.9 Å². The zero-order valence-electron chi connectivity index (χ0n) is 31.3. The summed E-state index contributed by atoms with van der Waals surface area (Å²) < 4.78 is 64.4. The molecule has 59 heavy (non-hydrogen) atoms. The molecule has 296 valence electrons. The molecule has 5 atom stereocenters.